The fourth-order valence-electron chi connectivity index (χ4n) is 3.42. The molecule has 0 aromatic carbocycles. The molecule has 2 bridgehead atoms. The van der Waals surface area contributed by atoms with Crippen LogP contribution in [-0.4, -0.2) is 44.2 Å². The molecule has 5 nitrogen and oxygen atoms in total. The lowest BCUT2D eigenvalue weighted by Gasteiger charge is -2.34. The number of aliphatic hydroxyl groups is 3. The average Bonchev–Trinajstić information content (AvgIpc) is 2.67. The Kier molecular flexibility index (Phi) is 5.81. The fraction of sp³-hybridized carbons (Fsp3) is 0.750. The molecule has 0 radical (unpaired) electrons. The lowest BCUT2D eigenvalue weighted by atomic mass is 9.82. The van der Waals surface area contributed by atoms with Crippen molar-refractivity contribution in [2.75, 3.05) is 0 Å². The van der Waals surface area contributed by atoms with Gasteiger partial charge in [-0.3, -0.25) is 0 Å². The Morgan fingerprint density at radius 1 is 1.16 bits per heavy atom. The van der Waals surface area contributed by atoms with E-state index < -0.39 is 28.9 Å². The van der Waals surface area contributed by atoms with E-state index in [0.29, 0.717) is 44.1 Å². The number of carbonyl (C=O) groups is 1. The number of ether oxygens (including phenoxy) is 1. The molecular weight excluding hydrogens is 320 g/mol. The van der Waals surface area contributed by atoms with Gasteiger partial charge in [0.2, 0.25) is 0 Å². The minimum Gasteiger partial charge on any atom is -0.453 e. The summed E-state index contributed by atoms with van der Waals surface area (Å²) < 4.78 is 5.64. The first kappa shape index (κ1) is 20.1. The van der Waals surface area contributed by atoms with Crippen molar-refractivity contribution in [1.29, 1.82) is 0 Å². The van der Waals surface area contributed by atoms with Crippen molar-refractivity contribution in [2.24, 2.45) is 5.92 Å². The first-order chi connectivity index (χ1) is 11.5. The predicted molar refractivity (Wildman–Crippen MR) is 95.8 cm³/mol. The quantitative estimate of drug-likeness (QED) is 0.499. The summed E-state index contributed by atoms with van der Waals surface area (Å²) in [4.78, 5) is 12.5. The Morgan fingerprint density at radius 2 is 1.84 bits per heavy atom. The highest BCUT2D eigenvalue weighted by Gasteiger charge is 2.40. The molecule has 5 heteroatoms. The molecule has 4 atom stereocenters. The summed E-state index contributed by atoms with van der Waals surface area (Å²) in [6.45, 7) is 7.24. The zero-order valence-electron chi connectivity index (χ0n) is 15.8. The van der Waals surface area contributed by atoms with Gasteiger partial charge in [-0.25, -0.2) is 4.79 Å². The number of carbonyl (C=O) groups excluding carboxylic acids is 1. The van der Waals surface area contributed by atoms with Gasteiger partial charge in [-0.1, -0.05) is 32.1 Å². The molecule has 25 heavy (non-hydrogen) atoms. The van der Waals surface area contributed by atoms with Crippen LogP contribution in [-0.2, 0) is 9.53 Å². The first-order valence-corrected chi connectivity index (χ1v) is 9.23. The molecule has 3 N–H and O–H groups in total. The Bertz CT molecular complexity index is 562. The number of allylic oxidation sites excluding steroid dienone is 1. The summed E-state index contributed by atoms with van der Waals surface area (Å²) in [5.41, 5.74) is -2.68. The van der Waals surface area contributed by atoms with Gasteiger partial charge in [-0.15, -0.1) is 0 Å². The molecule has 2 rings (SSSR count). The number of hydrogen-bond donors (Lipinski definition) is 3. The van der Waals surface area contributed by atoms with E-state index in [1.54, 1.807) is 26.0 Å². The minimum atomic E-state index is -1.15. The highest BCUT2D eigenvalue weighted by Crippen LogP contribution is 2.35. The highest BCUT2D eigenvalue weighted by atomic mass is 16.6. The minimum absolute atomic E-state index is 0.0667. The normalized spacial score (nSPS) is 40.6. The van der Waals surface area contributed by atoms with Crippen LogP contribution in [0.25, 0.3) is 0 Å². The summed E-state index contributed by atoms with van der Waals surface area (Å²) >= 11 is 0. The topological polar surface area (TPSA) is 87.0 Å². The Hall–Kier alpha value is -1.17. The highest BCUT2D eigenvalue weighted by molar-refractivity contribution is 5.89. The van der Waals surface area contributed by atoms with Gasteiger partial charge in [0.1, 0.15) is 5.60 Å². The SMILES string of the molecule is CC(C)C1(O)C=CC(C)(O)CCC(O)C2(C)CCC=C(CC1)C(=O)O2. The number of esters is 1. The number of hydrogen-bond acceptors (Lipinski definition) is 5. The number of rotatable bonds is 1. The van der Waals surface area contributed by atoms with Crippen LogP contribution in [0, 0.1) is 5.92 Å². The number of fused-ring (bicyclic) bond motifs is 3. The second kappa shape index (κ2) is 7.22. The van der Waals surface area contributed by atoms with Crippen LogP contribution in [0.15, 0.2) is 23.8 Å². The van der Waals surface area contributed by atoms with Gasteiger partial charge >= 0.3 is 5.97 Å². The molecule has 2 heterocycles. The Labute approximate surface area is 150 Å². The Morgan fingerprint density at radius 3 is 2.48 bits per heavy atom. The third-order valence-electron chi connectivity index (χ3n) is 5.77. The molecule has 0 saturated carbocycles. The van der Waals surface area contributed by atoms with E-state index >= 15 is 0 Å². The summed E-state index contributed by atoms with van der Waals surface area (Å²) in [7, 11) is 0. The largest absolute Gasteiger partial charge is 0.453 e. The predicted octanol–water partition coefficient (Wildman–Crippen LogP) is 2.64. The van der Waals surface area contributed by atoms with Crippen molar-refractivity contribution < 1.29 is 24.9 Å². The average molecular weight is 352 g/mol. The molecule has 0 saturated heterocycles. The van der Waals surface area contributed by atoms with Crippen LogP contribution >= 0.6 is 0 Å². The maximum atomic E-state index is 12.5. The number of aliphatic hydroxyl groups excluding tert-OH is 1. The maximum Gasteiger partial charge on any atom is 0.334 e. The van der Waals surface area contributed by atoms with E-state index in [2.05, 4.69) is 0 Å². The monoisotopic (exact) mass is 352 g/mol. The van der Waals surface area contributed by atoms with Gasteiger partial charge in [-0.2, -0.15) is 0 Å². The first-order valence-electron chi connectivity index (χ1n) is 9.23. The van der Waals surface area contributed by atoms with Crippen LogP contribution in [0.5, 0.6) is 0 Å². The van der Waals surface area contributed by atoms with Crippen molar-refractivity contribution in [3.05, 3.63) is 23.8 Å². The van der Waals surface area contributed by atoms with Gasteiger partial charge in [0.15, 0.2) is 0 Å². The summed E-state index contributed by atoms with van der Waals surface area (Å²) in [6.07, 6.45) is 6.84. The van der Waals surface area contributed by atoms with Crippen molar-refractivity contribution in [1.82, 2.24) is 0 Å². The zero-order valence-corrected chi connectivity index (χ0v) is 15.8. The third-order valence-corrected chi connectivity index (χ3v) is 5.77. The van der Waals surface area contributed by atoms with E-state index in [1.165, 1.54) is 0 Å². The summed E-state index contributed by atoms with van der Waals surface area (Å²) in [6, 6.07) is 0. The molecular formula is C20H32O5. The molecule has 0 aromatic rings. The smallest absolute Gasteiger partial charge is 0.334 e. The molecule has 2 aliphatic rings. The van der Waals surface area contributed by atoms with Crippen LogP contribution < -0.4 is 0 Å². The molecule has 0 amide bonds. The summed E-state index contributed by atoms with van der Waals surface area (Å²) in [5.74, 6) is -0.483. The van der Waals surface area contributed by atoms with Crippen LogP contribution in [0.4, 0.5) is 0 Å². The summed E-state index contributed by atoms with van der Waals surface area (Å²) in [5, 5.41) is 32.2. The molecule has 0 aromatic heterocycles. The van der Waals surface area contributed by atoms with Crippen LogP contribution in [0.1, 0.15) is 66.2 Å². The maximum absolute atomic E-state index is 12.5. The van der Waals surface area contributed by atoms with Crippen molar-refractivity contribution in [2.45, 2.75) is 89.1 Å². The lowest BCUT2D eigenvalue weighted by molar-refractivity contribution is -0.167. The molecule has 4 unspecified atom stereocenters. The molecule has 142 valence electrons. The second-order valence-electron chi connectivity index (χ2n) is 8.36. The van der Waals surface area contributed by atoms with E-state index in [4.69, 9.17) is 4.74 Å². The van der Waals surface area contributed by atoms with Gasteiger partial charge in [0.25, 0.3) is 0 Å². The second-order valence-corrected chi connectivity index (χ2v) is 8.36. The van der Waals surface area contributed by atoms with Crippen molar-refractivity contribution >= 4 is 5.97 Å². The lowest BCUT2D eigenvalue weighted by Crippen LogP contribution is -2.44. The molecule has 0 aliphatic carbocycles. The third kappa shape index (κ3) is 4.72. The van der Waals surface area contributed by atoms with E-state index in [1.807, 2.05) is 19.9 Å². The van der Waals surface area contributed by atoms with Gasteiger partial charge < -0.3 is 20.1 Å². The van der Waals surface area contributed by atoms with E-state index in [9.17, 15) is 20.1 Å². The fourth-order valence-corrected chi connectivity index (χ4v) is 3.42. The van der Waals surface area contributed by atoms with Gasteiger partial charge in [-0.05, 0) is 58.3 Å². The molecule has 2 aliphatic heterocycles. The van der Waals surface area contributed by atoms with E-state index in [0.717, 1.165) is 0 Å². The van der Waals surface area contributed by atoms with Gasteiger partial charge in [0, 0.05) is 5.57 Å². The van der Waals surface area contributed by atoms with Crippen LogP contribution in [0.2, 0.25) is 0 Å². The zero-order chi connectivity index (χ0) is 18.9. The molecule has 0 fully saturated rings. The van der Waals surface area contributed by atoms with Crippen LogP contribution in [0.3, 0.4) is 0 Å². The molecule has 0 spiro atoms. The Balaban J connectivity index is 2.39. The van der Waals surface area contributed by atoms with Gasteiger partial charge in [0.05, 0.1) is 17.3 Å². The van der Waals surface area contributed by atoms with Crippen molar-refractivity contribution in [3.8, 4) is 0 Å². The standard InChI is InChI=1S/C20H32O5/c1-14(2)20(24)11-7-15-6-5-9-19(4,25-17(15)22)16(21)8-10-18(3,23)12-13-20/h6,12-14,16,21,23-24H,5,7-11H2,1-4H3. The van der Waals surface area contributed by atoms with E-state index in [-0.39, 0.29) is 5.92 Å². The van der Waals surface area contributed by atoms with Crippen molar-refractivity contribution in [3.63, 3.8) is 0 Å².